The number of carbonyl (C=O) groups excluding carboxylic acids is 1. The lowest BCUT2D eigenvalue weighted by Gasteiger charge is -2.36. The molecule has 6 nitrogen and oxygen atoms in total. The van der Waals surface area contributed by atoms with Crippen molar-refractivity contribution >= 4 is 49.0 Å². The van der Waals surface area contributed by atoms with Crippen molar-refractivity contribution in [3.63, 3.8) is 0 Å². The van der Waals surface area contributed by atoms with Crippen molar-refractivity contribution in [2.24, 2.45) is 5.73 Å². The summed E-state index contributed by atoms with van der Waals surface area (Å²) in [5.41, 5.74) is 5.81. The summed E-state index contributed by atoms with van der Waals surface area (Å²) >= 11 is 19.0. The largest absolute Gasteiger partial charge is 0.542 e. The van der Waals surface area contributed by atoms with Crippen LogP contribution in [-0.4, -0.2) is 31.3 Å². The molecular formula is C18H22Cl3N3O3Si. The summed E-state index contributed by atoms with van der Waals surface area (Å²) in [4.78, 5) is 20.1. The van der Waals surface area contributed by atoms with Crippen LogP contribution in [-0.2, 0) is 0 Å². The highest BCUT2D eigenvalue weighted by Crippen LogP contribution is 2.45. The van der Waals surface area contributed by atoms with Crippen LogP contribution in [0.25, 0.3) is 11.3 Å². The van der Waals surface area contributed by atoms with Crippen LogP contribution >= 0.6 is 34.8 Å². The Kier molecular flexibility index (Phi) is 6.55. The summed E-state index contributed by atoms with van der Waals surface area (Å²) in [7, 11) is -0.843. The highest BCUT2D eigenvalue weighted by Gasteiger charge is 2.39. The van der Waals surface area contributed by atoms with Crippen molar-refractivity contribution in [3.8, 4) is 22.9 Å². The number of hydrogen-bond acceptors (Lipinski definition) is 5. The molecule has 2 N–H and O–H groups in total. The predicted octanol–water partition coefficient (Wildman–Crippen LogP) is 5.60. The van der Waals surface area contributed by atoms with E-state index in [0.717, 1.165) is 0 Å². The van der Waals surface area contributed by atoms with Gasteiger partial charge in [0.2, 0.25) is 11.2 Å². The van der Waals surface area contributed by atoms with Gasteiger partial charge in [0.25, 0.3) is 14.2 Å². The van der Waals surface area contributed by atoms with E-state index in [4.69, 9.17) is 49.7 Å². The Labute approximate surface area is 180 Å². The second-order valence-corrected chi connectivity index (χ2v) is 13.5. The fourth-order valence-electron chi connectivity index (χ4n) is 2.22. The Balaban J connectivity index is 2.76. The minimum Gasteiger partial charge on any atom is -0.542 e. The number of nitrogens with two attached hydrogens (primary N) is 1. The Bertz CT molecular complexity index is 931. The van der Waals surface area contributed by atoms with Crippen LogP contribution in [0.1, 0.15) is 31.1 Å². The monoisotopic (exact) mass is 461 g/mol. The van der Waals surface area contributed by atoms with Gasteiger partial charge in [0.15, 0.2) is 0 Å². The Morgan fingerprint density at radius 2 is 1.75 bits per heavy atom. The summed E-state index contributed by atoms with van der Waals surface area (Å²) in [6, 6.07) is 3.32. The first kappa shape index (κ1) is 22.7. The maximum atomic E-state index is 12.1. The van der Waals surface area contributed by atoms with Crippen LogP contribution in [0.4, 0.5) is 0 Å². The molecule has 0 unspecified atom stereocenters. The molecule has 1 aromatic carbocycles. The highest BCUT2D eigenvalue weighted by atomic mass is 35.5. The van der Waals surface area contributed by atoms with Crippen molar-refractivity contribution in [2.75, 3.05) is 7.11 Å². The zero-order valence-corrected chi connectivity index (χ0v) is 19.8. The fraction of sp³-hybridized carbons (Fsp3) is 0.389. The summed E-state index contributed by atoms with van der Waals surface area (Å²) in [5.74, 6) is -0.423. The van der Waals surface area contributed by atoms with Gasteiger partial charge in [-0.1, -0.05) is 44.0 Å². The number of aromatic nitrogens is 2. The molecule has 152 valence electrons. The first-order valence-corrected chi connectivity index (χ1v) is 12.4. The normalized spacial score (nSPS) is 12.0. The zero-order chi connectivity index (χ0) is 21.4. The van der Waals surface area contributed by atoms with E-state index >= 15 is 0 Å². The van der Waals surface area contributed by atoms with E-state index in [1.807, 2.05) is 0 Å². The van der Waals surface area contributed by atoms with Crippen LogP contribution in [0.3, 0.4) is 0 Å². The second-order valence-electron chi connectivity index (χ2n) is 7.69. The van der Waals surface area contributed by atoms with Gasteiger partial charge >= 0.3 is 0 Å². The number of carbonyl (C=O) groups is 1. The van der Waals surface area contributed by atoms with Gasteiger partial charge < -0.3 is 14.9 Å². The van der Waals surface area contributed by atoms with Crippen molar-refractivity contribution in [1.29, 1.82) is 0 Å². The summed E-state index contributed by atoms with van der Waals surface area (Å²) in [6.07, 6.45) is 0. The lowest BCUT2D eigenvalue weighted by Crippen LogP contribution is -2.43. The number of primary amides is 1. The van der Waals surface area contributed by atoms with Crippen LogP contribution in [0.2, 0.25) is 33.5 Å². The molecule has 28 heavy (non-hydrogen) atoms. The van der Waals surface area contributed by atoms with E-state index in [2.05, 4.69) is 43.8 Å². The van der Waals surface area contributed by atoms with Crippen LogP contribution < -0.4 is 14.9 Å². The van der Waals surface area contributed by atoms with Crippen molar-refractivity contribution in [2.45, 2.75) is 38.9 Å². The Morgan fingerprint density at radius 1 is 1.14 bits per heavy atom. The Hall–Kier alpha value is -1.54. The molecule has 0 spiro atoms. The lowest BCUT2D eigenvalue weighted by molar-refractivity contribution is 0.0997. The standard InChI is InChI=1S/C18H22Cl3N3O3Si/c1-18(2,3)28(5,6)27-10-8-7-9(19)11(13(10)20)14-12(15(22)25)16(26-4)24-17(21)23-14/h7-8H,1-6H3,(H2,22,25). The molecule has 1 aromatic heterocycles. The maximum absolute atomic E-state index is 12.1. The van der Waals surface area contributed by atoms with Crippen molar-refractivity contribution in [3.05, 3.63) is 33.0 Å². The van der Waals surface area contributed by atoms with Gasteiger partial charge in [-0.05, 0) is 41.9 Å². The van der Waals surface area contributed by atoms with E-state index in [0.29, 0.717) is 5.75 Å². The molecule has 2 aromatic rings. The molecule has 0 aliphatic heterocycles. The first-order valence-electron chi connectivity index (χ1n) is 8.39. The molecule has 1 heterocycles. The molecule has 0 bridgehead atoms. The average molecular weight is 463 g/mol. The SMILES string of the molecule is COc1nc(Cl)nc(-c2c(Cl)ccc(O[Si](C)(C)C(C)(C)C)c2Cl)c1C(N)=O. The molecule has 2 rings (SSSR count). The number of ether oxygens (including phenoxy) is 1. The molecule has 1 amide bonds. The topological polar surface area (TPSA) is 87.3 Å². The van der Waals surface area contributed by atoms with Gasteiger partial charge in [0.05, 0.1) is 22.8 Å². The smallest absolute Gasteiger partial charge is 0.256 e. The van der Waals surface area contributed by atoms with Crippen molar-refractivity contribution in [1.82, 2.24) is 9.97 Å². The lowest BCUT2D eigenvalue weighted by atomic mass is 10.1. The molecule has 0 radical (unpaired) electrons. The average Bonchev–Trinajstić information content (AvgIpc) is 2.55. The quantitative estimate of drug-likeness (QED) is 0.462. The molecule has 0 atom stereocenters. The molecule has 0 saturated heterocycles. The second kappa shape index (κ2) is 8.06. The first-order chi connectivity index (χ1) is 12.8. The zero-order valence-electron chi connectivity index (χ0n) is 16.5. The third-order valence-corrected chi connectivity index (χ3v) is 9.95. The van der Waals surface area contributed by atoms with Gasteiger partial charge in [-0.2, -0.15) is 4.98 Å². The predicted molar refractivity (Wildman–Crippen MR) is 115 cm³/mol. The minimum atomic E-state index is -2.19. The van der Waals surface area contributed by atoms with Crippen LogP contribution in [0.15, 0.2) is 12.1 Å². The maximum Gasteiger partial charge on any atom is 0.256 e. The summed E-state index contributed by atoms with van der Waals surface area (Å²) in [6.45, 7) is 10.5. The Morgan fingerprint density at radius 3 is 2.25 bits per heavy atom. The van der Waals surface area contributed by atoms with E-state index in [1.54, 1.807) is 12.1 Å². The third-order valence-electron chi connectivity index (χ3n) is 4.75. The van der Waals surface area contributed by atoms with Crippen molar-refractivity contribution < 1.29 is 14.0 Å². The van der Waals surface area contributed by atoms with Gasteiger partial charge in [-0.25, -0.2) is 4.98 Å². The number of methoxy groups -OCH3 is 1. The minimum absolute atomic E-state index is 0.0457. The van der Waals surface area contributed by atoms with E-state index in [-0.39, 0.29) is 43.1 Å². The number of halogens is 3. The number of benzene rings is 1. The van der Waals surface area contributed by atoms with Gasteiger partial charge in [0, 0.05) is 5.56 Å². The number of nitrogens with zero attached hydrogens (tertiary/aromatic N) is 2. The number of rotatable bonds is 5. The van der Waals surface area contributed by atoms with Gasteiger partial charge in [-0.15, -0.1) is 0 Å². The van der Waals surface area contributed by atoms with Gasteiger partial charge in [0.1, 0.15) is 11.3 Å². The molecule has 0 aliphatic rings. The van der Waals surface area contributed by atoms with Crippen LogP contribution in [0, 0.1) is 0 Å². The molecule has 0 aliphatic carbocycles. The molecule has 0 fully saturated rings. The third kappa shape index (κ3) is 4.38. The number of hydrogen-bond donors (Lipinski definition) is 1. The molecule has 10 heteroatoms. The van der Waals surface area contributed by atoms with E-state index in [1.165, 1.54) is 7.11 Å². The van der Waals surface area contributed by atoms with E-state index in [9.17, 15) is 4.79 Å². The van der Waals surface area contributed by atoms with Crippen LogP contribution in [0.5, 0.6) is 11.6 Å². The van der Waals surface area contributed by atoms with Gasteiger partial charge in [-0.3, -0.25) is 4.79 Å². The molecular weight excluding hydrogens is 441 g/mol. The number of amides is 1. The summed E-state index contributed by atoms with van der Waals surface area (Å²) < 4.78 is 11.5. The summed E-state index contributed by atoms with van der Waals surface area (Å²) in [5, 5.41) is 0.277. The fourth-order valence-corrected chi connectivity index (χ4v) is 4.06. The van der Waals surface area contributed by atoms with E-state index < -0.39 is 14.2 Å². The highest BCUT2D eigenvalue weighted by molar-refractivity contribution is 6.74. The molecule has 0 saturated carbocycles.